The molecule has 5 nitrogen and oxygen atoms in total. The lowest BCUT2D eigenvalue weighted by Crippen LogP contribution is -2.00. The van der Waals surface area contributed by atoms with E-state index in [2.05, 4.69) is 153 Å². The fourth-order valence-electron chi connectivity index (χ4n) is 8.75. The van der Waals surface area contributed by atoms with E-state index >= 15 is 0 Å². The standard InChI is InChI=1S/C50H29N5/c51-30-32-20-27-49-42(28-32)41-26-25-35(54-44-15-5-1-10-37(44)38-11-2-6-16-45(38)54)29-50(41)53(49)34-23-21-33(22-24-34)36-14-9-19-48(43(36)31-52)55-46-17-7-3-12-39(46)40-13-4-8-18-47(40)55/h1-29H. The van der Waals surface area contributed by atoms with Gasteiger partial charge in [0.1, 0.15) is 6.07 Å². The number of rotatable bonds is 4. The SMILES string of the molecule is N#Cc1ccc2c(c1)c1ccc(-n3c4ccccc4c4ccccc43)cc1n2-c1ccc(-c2cccc(-n3c4ccccc4c4ccccc43)c2C#N)cc1. The van der Waals surface area contributed by atoms with Gasteiger partial charge in [-0.25, -0.2) is 0 Å². The van der Waals surface area contributed by atoms with Crippen LogP contribution in [-0.4, -0.2) is 13.7 Å². The molecular weight excluding hydrogens is 671 g/mol. The van der Waals surface area contributed by atoms with Gasteiger partial charge >= 0.3 is 0 Å². The van der Waals surface area contributed by atoms with Crippen LogP contribution in [0.3, 0.4) is 0 Å². The lowest BCUT2D eigenvalue weighted by Gasteiger charge is -2.14. The molecular formula is C50H29N5. The molecule has 0 saturated heterocycles. The predicted molar refractivity (Wildman–Crippen MR) is 224 cm³/mol. The molecule has 0 amide bonds. The maximum absolute atomic E-state index is 10.7. The Morgan fingerprint density at radius 1 is 0.345 bits per heavy atom. The summed E-state index contributed by atoms with van der Waals surface area (Å²) < 4.78 is 6.83. The zero-order valence-electron chi connectivity index (χ0n) is 29.5. The van der Waals surface area contributed by atoms with Crippen LogP contribution in [0.2, 0.25) is 0 Å². The summed E-state index contributed by atoms with van der Waals surface area (Å²) in [5.41, 5.74) is 12.5. The van der Waals surface area contributed by atoms with E-state index in [4.69, 9.17) is 0 Å². The van der Waals surface area contributed by atoms with E-state index in [-0.39, 0.29) is 0 Å². The van der Waals surface area contributed by atoms with Crippen LogP contribution >= 0.6 is 0 Å². The van der Waals surface area contributed by atoms with Crippen LogP contribution in [0.4, 0.5) is 0 Å². The zero-order chi connectivity index (χ0) is 36.6. The number of fused-ring (bicyclic) bond motifs is 9. The number of nitriles is 2. The Balaban J connectivity index is 1.09. The number of aromatic nitrogens is 3. The second-order valence-electron chi connectivity index (χ2n) is 14.0. The Morgan fingerprint density at radius 2 is 0.855 bits per heavy atom. The average molecular weight is 700 g/mol. The number of nitrogens with zero attached hydrogens (tertiary/aromatic N) is 5. The zero-order valence-corrected chi connectivity index (χ0v) is 29.5. The van der Waals surface area contributed by atoms with Crippen molar-refractivity contribution in [2.45, 2.75) is 0 Å². The van der Waals surface area contributed by atoms with Gasteiger partial charge in [0, 0.05) is 49.3 Å². The summed E-state index contributed by atoms with van der Waals surface area (Å²) in [5, 5.41) is 27.4. The quantitative estimate of drug-likeness (QED) is 0.184. The van der Waals surface area contributed by atoms with Gasteiger partial charge in [-0.15, -0.1) is 0 Å². The van der Waals surface area contributed by atoms with Crippen LogP contribution < -0.4 is 0 Å². The highest BCUT2D eigenvalue weighted by Gasteiger charge is 2.19. The Bertz CT molecular complexity index is 3350. The first kappa shape index (κ1) is 30.7. The maximum atomic E-state index is 10.7. The van der Waals surface area contributed by atoms with Gasteiger partial charge in [0.2, 0.25) is 0 Å². The molecule has 0 radical (unpaired) electrons. The fraction of sp³-hybridized carbons (Fsp3) is 0. The summed E-state index contributed by atoms with van der Waals surface area (Å²) in [7, 11) is 0. The Morgan fingerprint density at radius 3 is 1.44 bits per heavy atom. The van der Waals surface area contributed by atoms with Crippen LogP contribution in [0, 0.1) is 22.7 Å². The van der Waals surface area contributed by atoms with Crippen LogP contribution in [0.15, 0.2) is 176 Å². The fourth-order valence-corrected chi connectivity index (χ4v) is 8.75. The van der Waals surface area contributed by atoms with Crippen molar-refractivity contribution in [3.8, 4) is 40.3 Å². The molecule has 0 unspecified atom stereocenters. The monoisotopic (exact) mass is 699 g/mol. The molecule has 0 saturated carbocycles. The third kappa shape index (κ3) is 4.45. The highest BCUT2D eigenvalue weighted by Crippen LogP contribution is 2.39. The summed E-state index contributed by atoms with van der Waals surface area (Å²) in [6, 6.07) is 65.9. The van der Waals surface area contributed by atoms with Crippen molar-refractivity contribution in [1.29, 1.82) is 10.5 Å². The van der Waals surface area contributed by atoms with Crippen LogP contribution in [0.1, 0.15) is 11.1 Å². The molecule has 0 aliphatic carbocycles. The maximum Gasteiger partial charge on any atom is 0.102 e. The molecule has 0 aliphatic rings. The first-order chi connectivity index (χ1) is 27.2. The van der Waals surface area contributed by atoms with E-state index in [9.17, 15) is 10.5 Å². The molecule has 0 atom stereocenters. The van der Waals surface area contributed by atoms with E-state index in [1.807, 2.05) is 48.5 Å². The molecule has 0 spiro atoms. The second-order valence-corrected chi connectivity index (χ2v) is 14.0. The van der Waals surface area contributed by atoms with Crippen LogP contribution in [0.5, 0.6) is 0 Å². The van der Waals surface area contributed by atoms with Gasteiger partial charge in [0.25, 0.3) is 0 Å². The molecule has 3 aromatic heterocycles. The summed E-state index contributed by atoms with van der Waals surface area (Å²) in [6.45, 7) is 0. The lowest BCUT2D eigenvalue weighted by atomic mass is 9.98. The molecule has 8 aromatic carbocycles. The second kappa shape index (κ2) is 11.8. The number of hydrogen-bond donors (Lipinski definition) is 0. The van der Waals surface area contributed by atoms with Gasteiger partial charge in [-0.05, 0) is 78.4 Å². The van der Waals surface area contributed by atoms with Crippen molar-refractivity contribution >= 4 is 65.4 Å². The summed E-state index contributed by atoms with van der Waals surface area (Å²) >= 11 is 0. The Labute approximate surface area is 316 Å². The van der Waals surface area contributed by atoms with Gasteiger partial charge in [-0.3, -0.25) is 0 Å². The average Bonchev–Trinajstić information content (AvgIpc) is 3.88. The van der Waals surface area contributed by atoms with Crippen molar-refractivity contribution in [1.82, 2.24) is 13.7 Å². The normalized spacial score (nSPS) is 11.6. The van der Waals surface area contributed by atoms with Gasteiger partial charge in [-0.1, -0.05) is 103 Å². The molecule has 3 heterocycles. The van der Waals surface area contributed by atoms with Crippen LogP contribution in [0.25, 0.3) is 93.6 Å². The number of hydrogen-bond acceptors (Lipinski definition) is 2. The Hall–Kier alpha value is -7.86. The van der Waals surface area contributed by atoms with Gasteiger partial charge in [-0.2, -0.15) is 10.5 Å². The van der Waals surface area contributed by atoms with Crippen molar-refractivity contribution in [2.75, 3.05) is 0 Å². The highest BCUT2D eigenvalue weighted by molar-refractivity contribution is 6.12. The highest BCUT2D eigenvalue weighted by atomic mass is 15.0. The van der Waals surface area contributed by atoms with E-state index < -0.39 is 0 Å². The molecule has 11 aromatic rings. The molecule has 0 fully saturated rings. The lowest BCUT2D eigenvalue weighted by molar-refractivity contribution is 1.15. The largest absolute Gasteiger partial charge is 0.309 e. The molecule has 254 valence electrons. The van der Waals surface area contributed by atoms with Crippen molar-refractivity contribution in [3.63, 3.8) is 0 Å². The van der Waals surface area contributed by atoms with Crippen molar-refractivity contribution in [3.05, 3.63) is 187 Å². The number of para-hydroxylation sites is 4. The molecule has 55 heavy (non-hydrogen) atoms. The van der Waals surface area contributed by atoms with Crippen LogP contribution in [-0.2, 0) is 0 Å². The Kier molecular flexibility index (Phi) is 6.61. The summed E-state index contributed by atoms with van der Waals surface area (Å²) in [5.74, 6) is 0. The topological polar surface area (TPSA) is 62.4 Å². The third-order valence-electron chi connectivity index (χ3n) is 11.1. The van der Waals surface area contributed by atoms with E-state index in [1.165, 1.54) is 10.8 Å². The minimum absolute atomic E-state index is 0.624. The van der Waals surface area contributed by atoms with E-state index in [1.54, 1.807) is 0 Å². The van der Waals surface area contributed by atoms with Gasteiger partial charge < -0.3 is 13.7 Å². The predicted octanol–water partition coefficient (Wildman–Crippen LogP) is 12.4. The number of benzene rings is 8. The third-order valence-corrected chi connectivity index (χ3v) is 11.1. The first-order valence-electron chi connectivity index (χ1n) is 18.3. The minimum Gasteiger partial charge on any atom is -0.309 e. The summed E-state index contributed by atoms with van der Waals surface area (Å²) in [4.78, 5) is 0. The molecule has 11 rings (SSSR count). The molecule has 0 bridgehead atoms. The molecule has 0 N–H and O–H groups in total. The smallest absolute Gasteiger partial charge is 0.102 e. The molecule has 0 aliphatic heterocycles. The molecule has 5 heteroatoms. The minimum atomic E-state index is 0.624. The van der Waals surface area contributed by atoms with E-state index in [0.29, 0.717) is 11.1 Å². The van der Waals surface area contributed by atoms with Crippen molar-refractivity contribution < 1.29 is 0 Å². The van der Waals surface area contributed by atoms with Gasteiger partial charge in [0.15, 0.2) is 0 Å². The first-order valence-corrected chi connectivity index (χ1v) is 18.3. The van der Waals surface area contributed by atoms with Gasteiger partial charge in [0.05, 0.1) is 56.0 Å². The van der Waals surface area contributed by atoms with E-state index in [0.717, 1.165) is 82.8 Å². The van der Waals surface area contributed by atoms with Crippen molar-refractivity contribution in [2.24, 2.45) is 0 Å². The summed E-state index contributed by atoms with van der Waals surface area (Å²) in [6.07, 6.45) is 0.